The van der Waals surface area contributed by atoms with Crippen molar-refractivity contribution in [2.75, 3.05) is 38.3 Å². The Hall–Kier alpha value is -3.37. The van der Waals surface area contributed by atoms with Crippen LogP contribution in [0.5, 0.6) is 11.5 Å². The molecular weight excluding hydrogens is 606 g/mol. The van der Waals surface area contributed by atoms with E-state index >= 15 is 0 Å². The molecule has 216 valence electrons. The van der Waals surface area contributed by atoms with Gasteiger partial charge in [-0.25, -0.2) is 9.79 Å². The van der Waals surface area contributed by atoms with Crippen molar-refractivity contribution in [2.24, 2.45) is 4.99 Å². The van der Waals surface area contributed by atoms with Gasteiger partial charge in [0.1, 0.15) is 0 Å². The highest BCUT2D eigenvalue weighted by Gasteiger charge is 2.35. The van der Waals surface area contributed by atoms with E-state index in [1.165, 1.54) is 29.9 Å². The maximum absolute atomic E-state index is 14.1. The fraction of sp³-hybridized carbons (Fsp3) is 0.387. The number of aromatic nitrogens is 1. The third-order valence-corrected chi connectivity index (χ3v) is 9.08. The first-order valence-corrected chi connectivity index (χ1v) is 15.4. The highest BCUT2D eigenvalue weighted by atomic mass is 79.9. The van der Waals surface area contributed by atoms with Gasteiger partial charge < -0.3 is 19.1 Å². The van der Waals surface area contributed by atoms with Crippen molar-refractivity contribution in [3.05, 3.63) is 82.5 Å². The number of hydrogen-bond donors (Lipinski definition) is 0. The van der Waals surface area contributed by atoms with Gasteiger partial charge in [-0.1, -0.05) is 33.3 Å². The third kappa shape index (κ3) is 5.59. The monoisotopic (exact) mass is 639 g/mol. The molecule has 0 saturated carbocycles. The second kappa shape index (κ2) is 12.2. The normalized spacial score (nSPS) is 17.0. The van der Waals surface area contributed by atoms with E-state index in [2.05, 4.69) is 46.0 Å². The molecule has 0 radical (unpaired) electrons. The minimum Gasteiger partial charge on any atom is -0.493 e. The number of methoxy groups -OCH3 is 1. The molecule has 0 unspecified atom stereocenters. The molecule has 0 aliphatic carbocycles. The summed E-state index contributed by atoms with van der Waals surface area (Å²) in [6.45, 7) is 10.3. The Labute approximate surface area is 251 Å². The number of esters is 1. The maximum atomic E-state index is 14.1. The number of aryl methyl sites for hydroxylation is 1. The number of carbonyl (C=O) groups is 1. The zero-order chi connectivity index (χ0) is 29.3. The summed E-state index contributed by atoms with van der Waals surface area (Å²) in [7, 11) is 1.57. The van der Waals surface area contributed by atoms with Crippen LogP contribution < -0.4 is 29.3 Å². The zero-order valence-corrected chi connectivity index (χ0v) is 26.4. The molecule has 3 heterocycles. The molecule has 8 nitrogen and oxygen atoms in total. The van der Waals surface area contributed by atoms with Gasteiger partial charge in [0, 0.05) is 23.2 Å². The molecule has 1 aromatic heterocycles. The number of carbonyl (C=O) groups excluding carboxylic acids is 1. The van der Waals surface area contributed by atoms with Crippen molar-refractivity contribution in [2.45, 2.75) is 46.6 Å². The Kier molecular flexibility index (Phi) is 8.70. The summed E-state index contributed by atoms with van der Waals surface area (Å²) < 4.78 is 19.6. The second-order valence-electron chi connectivity index (χ2n) is 9.99. The summed E-state index contributed by atoms with van der Waals surface area (Å²) in [5.74, 6) is 0.546. The predicted molar refractivity (Wildman–Crippen MR) is 165 cm³/mol. The van der Waals surface area contributed by atoms with E-state index in [1.54, 1.807) is 31.6 Å². The van der Waals surface area contributed by atoms with Gasteiger partial charge >= 0.3 is 5.97 Å². The molecule has 3 aromatic rings. The molecule has 2 aliphatic heterocycles. The summed E-state index contributed by atoms with van der Waals surface area (Å²) in [5.41, 5.74) is 4.54. The zero-order valence-electron chi connectivity index (χ0n) is 24.0. The van der Waals surface area contributed by atoms with Crippen molar-refractivity contribution in [1.29, 1.82) is 0 Å². The van der Waals surface area contributed by atoms with E-state index in [-0.39, 0.29) is 12.2 Å². The molecule has 0 N–H and O–H groups in total. The molecule has 10 heteroatoms. The molecule has 41 heavy (non-hydrogen) atoms. The van der Waals surface area contributed by atoms with Crippen LogP contribution in [-0.2, 0) is 9.53 Å². The van der Waals surface area contributed by atoms with Gasteiger partial charge in [-0.2, -0.15) is 0 Å². The summed E-state index contributed by atoms with van der Waals surface area (Å²) in [6.07, 6.45) is 4.35. The van der Waals surface area contributed by atoms with E-state index in [0.29, 0.717) is 48.7 Å². The van der Waals surface area contributed by atoms with Crippen LogP contribution >= 0.6 is 27.3 Å². The Bertz CT molecular complexity index is 1700. The Balaban J connectivity index is 1.68. The number of ether oxygens (including phenoxy) is 3. The van der Waals surface area contributed by atoms with E-state index in [1.807, 2.05) is 19.1 Å². The summed E-state index contributed by atoms with van der Waals surface area (Å²) in [6, 6.07) is 9.21. The second-order valence-corrected chi connectivity index (χ2v) is 11.9. The lowest BCUT2D eigenvalue weighted by Crippen LogP contribution is -2.40. The average molecular weight is 641 g/mol. The molecule has 0 spiro atoms. The van der Waals surface area contributed by atoms with Crippen LogP contribution in [0.15, 0.2) is 55.9 Å². The SMILES string of the molecule is CCOC(=O)C1=C(C)N=c2s/c(=C/c3ccc(N4CCCC4)cc3C)c(=O)n2[C@@H]1c1cc(OCC)c(OC)cc1Br. The Morgan fingerprint density at radius 3 is 2.54 bits per heavy atom. The number of nitrogens with zero attached hydrogens (tertiary/aromatic N) is 3. The van der Waals surface area contributed by atoms with E-state index in [9.17, 15) is 9.59 Å². The molecule has 1 atom stereocenters. The number of thiazole rings is 1. The number of hydrogen-bond acceptors (Lipinski definition) is 8. The fourth-order valence-electron chi connectivity index (χ4n) is 5.41. The Morgan fingerprint density at radius 2 is 1.88 bits per heavy atom. The first-order chi connectivity index (χ1) is 19.8. The van der Waals surface area contributed by atoms with Gasteiger partial charge in [0.25, 0.3) is 5.56 Å². The van der Waals surface area contributed by atoms with Crippen molar-refractivity contribution in [1.82, 2.24) is 4.57 Å². The van der Waals surface area contributed by atoms with Gasteiger partial charge in [0.15, 0.2) is 16.3 Å². The number of anilines is 1. The van der Waals surface area contributed by atoms with Crippen LogP contribution in [0.3, 0.4) is 0 Å². The summed E-state index contributed by atoms with van der Waals surface area (Å²) in [4.78, 5) is 35.0. The quantitative estimate of drug-likeness (QED) is 0.327. The highest BCUT2D eigenvalue weighted by molar-refractivity contribution is 9.10. The van der Waals surface area contributed by atoms with E-state index in [0.717, 1.165) is 24.2 Å². The minimum atomic E-state index is -0.773. The van der Waals surface area contributed by atoms with Crippen molar-refractivity contribution in [3.8, 4) is 11.5 Å². The van der Waals surface area contributed by atoms with Crippen LogP contribution in [0.25, 0.3) is 6.08 Å². The summed E-state index contributed by atoms with van der Waals surface area (Å²) in [5, 5.41) is 0. The first kappa shape index (κ1) is 29.1. The number of halogens is 1. The first-order valence-electron chi connectivity index (χ1n) is 13.8. The van der Waals surface area contributed by atoms with Gasteiger partial charge in [-0.15, -0.1) is 0 Å². The number of benzene rings is 2. The van der Waals surface area contributed by atoms with E-state index in [4.69, 9.17) is 19.2 Å². The highest BCUT2D eigenvalue weighted by Crippen LogP contribution is 2.41. The van der Waals surface area contributed by atoms with Gasteiger partial charge in [0.05, 0.1) is 42.2 Å². The largest absolute Gasteiger partial charge is 0.493 e. The fourth-order valence-corrected chi connectivity index (χ4v) is 6.99. The summed E-state index contributed by atoms with van der Waals surface area (Å²) >= 11 is 4.97. The minimum absolute atomic E-state index is 0.202. The van der Waals surface area contributed by atoms with Crippen LogP contribution in [0.4, 0.5) is 5.69 Å². The van der Waals surface area contributed by atoms with Gasteiger partial charge in [0.2, 0.25) is 0 Å². The number of rotatable bonds is 8. The van der Waals surface area contributed by atoms with Crippen LogP contribution in [0, 0.1) is 6.92 Å². The topological polar surface area (TPSA) is 82.4 Å². The molecule has 0 amide bonds. The Morgan fingerprint density at radius 1 is 1.12 bits per heavy atom. The molecular formula is C31H34BrN3O5S. The third-order valence-electron chi connectivity index (χ3n) is 7.41. The lowest BCUT2D eigenvalue weighted by atomic mass is 9.95. The molecule has 2 aliphatic rings. The molecule has 5 rings (SSSR count). The van der Waals surface area contributed by atoms with Crippen molar-refractivity contribution >= 4 is 45.0 Å². The molecule has 1 fully saturated rings. The number of allylic oxidation sites excluding steroid dienone is 1. The maximum Gasteiger partial charge on any atom is 0.338 e. The van der Waals surface area contributed by atoms with E-state index < -0.39 is 12.0 Å². The number of fused-ring (bicyclic) bond motifs is 1. The molecule has 2 aromatic carbocycles. The van der Waals surface area contributed by atoms with Gasteiger partial charge in [-0.3, -0.25) is 9.36 Å². The predicted octanol–water partition coefficient (Wildman–Crippen LogP) is 4.88. The lowest BCUT2D eigenvalue weighted by molar-refractivity contribution is -0.139. The molecule has 1 saturated heterocycles. The van der Waals surface area contributed by atoms with Crippen LogP contribution in [0.1, 0.15) is 56.3 Å². The van der Waals surface area contributed by atoms with Crippen LogP contribution in [0.2, 0.25) is 0 Å². The van der Waals surface area contributed by atoms with Crippen molar-refractivity contribution < 1.29 is 19.0 Å². The van der Waals surface area contributed by atoms with Gasteiger partial charge in [-0.05, 0) is 87.6 Å². The smallest absolute Gasteiger partial charge is 0.338 e. The van der Waals surface area contributed by atoms with Crippen molar-refractivity contribution in [3.63, 3.8) is 0 Å². The standard InChI is InChI=1S/C31H34BrN3O5S/c1-6-39-25-16-22(23(32)17-24(25)38-5)28-27(30(37)40-7-2)19(4)33-31-35(28)29(36)26(41-31)15-20-10-11-21(14-18(20)3)34-12-8-9-13-34/h10-11,14-17,28H,6-9,12-13H2,1-5H3/b26-15+/t28-/m1/s1. The average Bonchev–Trinajstić information content (AvgIpc) is 3.59. The molecule has 0 bridgehead atoms. The van der Waals surface area contributed by atoms with Crippen LogP contribution in [-0.4, -0.2) is 43.9 Å². The lowest BCUT2D eigenvalue weighted by Gasteiger charge is -2.26.